The molecule has 0 spiro atoms. The first kappa shape index (κ1) is 16.0. The van der Waals surface area contributed by atoms with Crippen molar-refractivity contribution in [2.75, 3.05) is 31.2 Å². The number of morpholine rings is 1. The van der Waals surface area contributed by atoms with E-state index in [1.165, 1.54) is 17.7 Å². The molecule has 0 unspecified atom stereocenters. The summed E-state index contributed by atoms with van der Waals surface area (Å²) < 4.78 is 6.93. The van der Waals surface area contributed by atoms with Gasteiger partial charge in [-0.3, -0.25) is 14.2 Å². The predicted molar refractivity (Wildman–Crippen MR) is 94.6 cm³/mol. The van der Waals surface area contributed by atoms with Gasteiger partial charge in [0.15, 0.2) is 0 Å². The molecule has 1 aliphatic heterocycles. The number of carbonyl (C=O) groups is 1. The number of aromatic nitrogens is 3. The maximum atomic E-state index is 12.5. The molecule has 4 rings (SSSR count). The number of carboxylic acid groups (broad SMARTS) is 1. The van der Waals surface area contributed by atoms with Gasteiger partial charge >= 0.3 is 5.97 Å². The molecule has 8 nitrogen and oxygen atoms in total. The molecule has 0 aromatic carbocycles. The van der Waals surface area contributed by atoms with Crippen LogP contribution in [0.15, 0.2) is 17.2 Å². The average molecular weight is 360 g/mol. The van der Waals surface area contributed by atoms with Crippen LogP contribution in [0.5, 0.6) is 0 Å². The van der Waals surface area contributed by atoms with Crippen LogP contribution in [0.3, 0.4) is 0 Å². The summed E-state index contributed by atoms with van der Waals surface area (Å²) in [5.74, 6) is -0.209. The zero-order valence-electron chi connectivity index (χ0n) is 13.6. The van der Waals surface area contributed by atoms with Gasteiger partial charge in [0.05, 0.1) is 25.1 Å². The van der Waals surface area contributed by atoms with Crippen molar-refractivity contribution in [1.29, 1.82) is 0 Å². The second-order valence-electron chi connectivity index (χ2n) is 5.93. The Hall–Kier alpha value is -2.52. The maximum absolute atomic E-state index is 12.5. The quantitative estimate of drug-likeness (QED) is 0.750. The highest BCUT2D eigenvalue weighted by molar-refractivity contribution is 7.25. The highest BCUT2D eigenvalue weighted by atomic mass is 32.1. The van der Waals surface area contributed by atoms with E-state index in [0.717, 1.165) is 39.3 Å². The lowest BCUT2D eigenvalue weighted by atomic mass is 10.2. The second kappa shape index (κ2) is 6.08. The van der Waals surface area contributed by atoms with Crippen molar-refractivity contribution in [3.63, 3.8) is 0 Å². The first-order valence-corrected chi connectivity index (χ1v) is 8.70. The molecule has 0 aliphatic carbocycles. The molecule has 3 aromatic rings. The molecule has 1 aliphatic rings. The molecular weight excluding hydrogens is 344 g/mol. The monoisotopic (exact) mass is 360 g/mol. The number of rotatable bonds is 3. The van der Waals surface area contributed by atoms with Crippen molar-refractivity contribution in [1.82, 2.24) is 14.5 Å². The highest BCUT2D eigenvalue weighted by Crippen LogP contribution is 2.33. The number of hydrogen-bond donors (Lipinski definition) is 1. The molecule has 130 valence electrons. The summed E-state index contributed by atoms with van der Waals surface area (Å²) in [7, 11) is 0. The van der Waals surface area contributed by atoms with Crippen LogP contribution in [0.2, 0.25) is 0 Å². The fourth-order valence-corrected chi connectivity index (χ4v) is 4.19. The minimum atomic E-state index is -1.08. The number of carboxylic acids is 1. The summed E-state index contributed by atoms with van der Waals surface area (Å²) in [4.78, 5) is 35.4. The van der Waals surface area contributed by atoms with Gasteiger partial charge in [-0.05, 0) is 18.6 Å². The van der Waals surface area contributed by atoms with Crippen LogP contribution in [0.1, 0.15) is 5.56 Å². The zero-order valence-corrected chi connectivity index (χ0v) is 14.4. The third kappa shape index (κ3) is 2.75. The number of ether oxygens (including phenoxy) is 1. The Kier molecular flexibility index (Phi) is 3.89. The molecular formula is C16H16N4O4S. The Bertz CT molecular complexity index is 1040. The van der Waals surface area contributed by atoms with E-state index in [9.17, 15) is 9.59 Å². The number of hydrogen-bond acceptors (Lipinski definition) is 7. The van der Waals surface area contributed by atoms with Crippen LogP contribution in [-0.2, 0) is 16.1 Å². The second-order valence-corrected chi connectivity index (χ2v) is 6.93. The van der Waals surface area contributed by atoms with Crippen molar-refractivity contribution in [2.24, 2.45) is 0 Å². The maximum Gasteiger partial charge on any atom is 0.323 e. The van der Waals surface area contributed by atoms with E-state index in [1.54, 1.807) is 0 Å². The molecule has 3 aromatic heterocycles. The van der Waals surface area contributed by atoms with E-state index in [1.807, 2.05) is 13.0 Å². The van der Waals surface area contributed by atoms with Crippen molar-refractivity contribution in [3.05, 3.63) is 28.3 Å². The van der Waals surface area contributed by atoms with Crippen molar-refractivity contribution >= 4 is 43.6 Å². The van der Waals surface area contributed by atoms with Crippen LogP contribution < -0.4 is 10.5 Å². The summed E-state index contributed by atoms with van der Waals surface area (Å²) in [6.07, 6.45) is 1.29. The highest BCUT2D eigenvalue weighted by Gasteiger charge is 2.19. The minimum absolute atomic E-state index is 0.345. The molecule has 0 bridgehead atoms. The van der Waals surface area contributed by atoms with E-state index in [2.05, 4.69) is 9.88 Å². The minimum Gasteiger partial charge on any atom is -0.480 e. The normalized spacial score (nSPS) is 15.2. The molecule has 1 N–H and O–H groups in total. The summed E-state index contributed by atoms with van der Waals surface area (Å²) in [5.41, 5.74) is 1.24. The van der Waals surface area contributed by atoms with Gasteiger partial charge in [0, 0.05) is 18.5 Å². The third-order valence-electron chi connectivity index (χ3n) is 4.24. The van der Waals surface area contributed by atoms with E-state index in [0.29, 0.717) is 23.4 Å². The van der Waals surface area contributed by atoms with E-state index < -0.39 is 12.5 Å². The fourth-order valence-electron chi connectivity index (χ4n) is 3.04. The van der Waals surface area contributed by atoms with Gasteiger partial charge in [0.1, 0.15) is 21.9 Å². The van der Waals surface area contributed by atoms with E-state index in [4.69, 9.17) is 14.8 Å². The third-order valence-corrected chi connectivity index (χ3v) is 5.30. The molecule has 0 saturated carbocycles. The smallest absolute Gasteiger partial charge is 0.323 e. The van der Waals surface area contributed by atoms with Crippen molar-refractivity contribution in [2.45, 2.75) is 13.5 Å². The van der Waals surface area contributed by atoms with Gasteiger partial charge in [-0.2, -0.15) is 0 Å². The lowest BCUT2D eigenvalue weighted by Gasteiger charge is -2.28. The Labute approximate surface area is 146 Å². The van der Waals surface area contributed by atoms with Crippen LogP contribution in [0, 0.1) is 6.92 Å². The van der Waals surface area contributed by atoms with Crippen LogP contribution in [0.4, 0.5) is 5.82 Å². The number of pyridine rings is 1. The lowest BCUT2D eigenvalue weighted by molar-refractivity contribution is -0.137. The number of fused-ring (bicyclic) bond motifs is 3. The molecule has 4 heterocycles. The number of anilines is 1. The molecule has 1 saturated heterocycles. The van der Waals surface area contributed by atoms with Crippen molar-refractivity contribution < 1.29 is 14.6 Å². The van der Waals surface area contributed by atoms with Crippen molar-refractivity contribution in [3.8, 4) is 0 Å². The average Bonchev–Trinajstić information content (AvgIpc) is 2.98. The topological polar surface area (TPSA) is 97.6 Å². The molecule has 0 amide bonds. The standard InChI is InChI=1S/C16H16N4O4S/c1-9-6-10(19-2-4-24-5-3-19)18-15-12(9)13-14(25-15)16(23)20(8-17-13)7-11(21)22/h6,8H,2-5,7H2,1H3,(H,21,22). The number of nitrogens with zero attached hydrogens (tertiary/aromatic N) is 4. The van der Waals surface area contributed by atoms with E-state index >= 15 is 0 Å². The van der Waals surface area contributed by atoms with Gasteiger partial charge in [-0.15, -0.1) is 11.3 Å². The first-order chi connectivity index (χ1) is 12.0. The van der Waals surface area contributed by atoms with Gasteiger partial charge in [-0.25, -0.2) is 9.97 Å². The molecule has 0 radical (unpaired) electrons. The number of thiophene rings is 1. The lowest BCUT2D eigenvalue weighted by Crippen LogP contribution is -2.36. The largest absolute Gasteiger partial charge is 0.480 e. The fraction of sp³-hybridized carbons (Fsp3) is 0.375. The Morgan fingerprint density at radius 1 is 1.40 bits per heavy atom. The van der Waals surface area contributed by atoms with Crippen LogP contribution >= 0.6 is 11.3 Å². The SMILES string of the molecule is Cc1cc(N2CCOCC2)nc2sc3c(=O)n(CC(=O)O)cnc3c12. The number of aryl methyl sites for hydroxylation is 1. The Balaban J connectivity index is 1.89. The van der Waals surface area contributed by atoms with Gasteiger partial charge in [-0.1, -0.05) is 0 Å². The van der Waals surface area contributed by atoms with Gasteiger partial charge in [0.25, 0.3) is 5.56 Å². The van der Waals surface area contributed by atoms with Gasteiger partial charge in [0.2, 0.25) is 0 Å². The predicted octanol–water partition coefficient (Wildman–Crippen LogP) is 1.24. The molecule has 9 heteroatoms. The summed E-state index contributed by atoms with van der Waals surface area (Å²) >= 11 is 1.26. The molecule has 1 fully saturated rings. The van der Waals surface area contributed by atoms with Crippen LogP contribution in [0.25, 0.3) is 20.4 Å². The zero-order chi connectivity index (χ0) is 17.6. The summed E-state index contributed by atoms with van der Waals surface area (Å²) in [5, 5.41) is 9.77. The molecule has 0 atom stereocenters. The van der Waals surface area contributed by atoms with Gasteiger partial charge < -0.3 is 14.7 Å². The first-order valence-electron chi connectivity index (χ1n) is 7.88. The summed E-state index contributed by atoms with van der Waals surface area (Å²) in [6.45, 7) is 4.49. The Morgan fingerprint density at radius 2 is 2.16 bits per heavy atom. The van der Waals surface area contributed by atoms with E-state index in [-0.39, 0.29) is 5.56 Å². The Morgan fingerprint density at radius 3 is 2.88 bits per heavy atom. The molecule has 25 heavy (non-hydrogen) atoms. The number of aliphatic carboxylic acids is 1. The van der Waals surface area contributed by atoms with Crippen LogP contribution in [-0.4, -0.2) is 51.9 Å². The summed E-state index contributed by atoms with van der Waals surface area (Å²) in [6, 6.07) is 2.00.